The number of nitrogens with zero attached hydrogens (tertiary/aromatic N) is 3. The minimum absolute atomic E-state index is 0.0431. The van der Waals surface area contributed by atoms with Crippen LogP contribution in [0, 0.1) is 0 Å². The van der Waals surface area contributed by atoms with Crippen LogP contribution in [0.4, 0.5) is 5.69 Å². The van der Waals surface area contributed by atoms with Crippen LogP contribution in [0.25, 0.3) is 0 Å². The number of amides is 2. The molecule has 1 aromatic carbocycles. The SMILES string of the molecule is CCC(=O)N1c2ccccc2CC1C(=O)N1CCC(N2CCCCC2)CC1. The second-order valence-electron chi connectivity index (χ2n) is 8.12. The molecule has 3 aliphatic rings. The first-order chi connectivity index (χ1) is 13.2. The third kappa shape index (κ3) is 3.62. The van der Waals surface area contributed by atoms with Crippen LogP contribution in [0.15, 0.2) is 24.3 Å². The van der Waals surface area contributed by atoms with Gasteiger partial charge >= 0.3 is 0 Å². The van der Waals surface area contributed by atoms with Gasteiger partial charge in [-0.25, -0.2) is 0 Å². The van der Waals surface area contributed by atoms with E-state index in [1.54, 1.807) is 4.90 Å². The van der Waals surface area contributed by atoms with Gasteiger partial charge in [-0.1, -0.05) is 31.5 Å². The average Bonchev–Trinajstić information content (AvgIpc) is 3.13. The molecular formula is C22H31N3O2. The minimum Gasteiger partial charge on any atom is -0.341 e. The Kier molecular flexibility index (Phi) is 5.48. The molecule has 4 rings (SSSR count). The van der Waals surface area contributed by atoms with Gasteiger partial charge in [0.1, 0.15) is 6.04 Å². The summed E-state index contributed by atoms with van der Waals surface area (Å²) in [7, 11) is 0. The van der Waals surface area contributed by atoms with Crippen LogP contribution in [0.3, 0.4) is 0 Å². The van der Waals surface area contributed by atoms with Crippen LogP contribution in [-0.2, 0) is 16.0 Å². The molecule has 0 spiro atoms. The van der Waals surface area contributed by atoms with Gasteiger partial charge in [-0.05, 0) is 50.4 Å². The van der Waals surface area contributed by atoms with Gasteiger partial charge in [0.15, 0.2) is 0 Å². The van der Waals surface area contributed by atoms with Crippen molar-refractivity contribution in [1.82, 2.24) is 9.80 Å². The van der Waals surface area contributed by atoms with Gasteiger partial charge in [-0.3, -0.25) is 14.5 Å². The smallest absolute Gasteiger partial charge is 0.246 e. The van der Waals surface area contributed by atoms with Gasteiger partial charge in [-0.2, -0.15) is 0 Å². The fraction of sp³-hybridized carbons (Fsp3) is 0.636. The summed E-state index contributed by atoms with van der Waals surface area (Å²) < 4.78 is 0. The Balaban J connectivity index is 1.43. The molecule has 0 radical (unpaired) electrons. The highest BCUT2D eigenvalue weighted by atomic mass is 16.2. The molecule has 0 aliphatic carbocycles. The highest BCUT2D eigenvalue weighted by Crippen LogP contribution is 2.34. The zero-order valence-electron chi connectivity index (χ0n) is 16.4. The number of piperidine rings is 2. The molecule has 5 heteroatoms. The lowest BCUT2D eigenvalue weighted by molar-refractivity contribution is -0.135. The molecule has 1 atom stereocenters. The normalized spacial score (nSPS) is 24.1. The number of para-hydroxylation sites is 1. The zero-order valence-corrected chi connectivity index (χ0v) is 16.4. The summed E-state index contributed by atoms with van der Waals surface area (Å²) in [6.07, 6.45) is 7.18. The van der Waals surface area contributed by atoms with E-state index >= 15 is 0 Å². The number of anilines is 1. The standard InChI is InChI=1S/C22H31N3O2/c1-2-21(26)25-19-9-5-4-8-17(19)16-20(25)22(27)24-14-10-18(11-15-24)23-12-6-3-7-13-23/h4-5,8-9,18,20H,2-3,6-7,10-16H2,1H3. The van der Waals surface area contributed by atoms with Gasteiger partial charge in [-0.15, -0.1) is 0 Å². The number of hydrogen-bond donors (Lipinski definition) is 0. The molecule has 3 heterocycles. The molecule has 2 saturated heterocycles. The maximum atomic E-state index is 13.3. The molecule has 0 saturated carbocycles. The molecule has 146 valence electrons. The van der Waals surface area contributed by atoms with Gasteiger partial charge in [0.05, 0.1) is 0 Å². The maximum Gasteiger partial charge on any atom is 0.246 e. The molecular weight excluding hydrogens is 338 g/mol. The molecule has 2 amide bonds. The molecule has 3 aliphatic heterocycles. The van der Waals surface area contributed by atoms with Crippen LogP contribution in [0.5, 0.6) is 0 Å². The third-order valence-corrected chi connectivity index (χ3v) is 6.52. The van der Waals surface area contributed by atoms with E-state index in [9.17, 15) is 9.59 Å². The van der Waals surface area contributed by atoms with E-state index in [1.807, 2.05) is 36.1 Å². The van der Waals surface area contributed by atoms with Crippen molar-refractivity contribution in [2.75, 3.05) is 31.1 Å². The van der Waals surface area contributed by atoms with Crippen LogP contribution in [0.1, 0.15) is 51.0 Å². The number of likely N-dealkylation sites (tertiary alicyclic amines) is 2. The fourth-order valence-electron chi connectivity index (χ4n) is 5.01. The summed E-state index contributed by atoms with van der Waals surface area (Å²) in [6, 6.07) is 8.22. The summed E-state index contributed by atoms with van der Waals surface area (Å²) in [5, 5.41) is 0. The van der Waals surface area contributed by atoms with Crippen LogP contribution >= 0.6 is 0 Å². The summed E-state index contributed by atoms with van der Waals surface area (Å²) in [4.78, 5) is 32.3. The Morgan fingerprint density at radius 3 is 2.41 bits per heavy atom. The molecule has 0 N–H and O–H groups in total. The first kappa shape index (κ1) is 18.5. The largest absolute Gasteiger partial charge is 0.341 e. The van der Waals surface area contributed by atoms with E-state index in [1.165, 1.54) is 32.4 Å². The fourth-order valence-corrected chi connectivity index (χ4v) is 5.01. The van der Waals surface area contributed by atoms with E-state index in [0.29, 0.717) is 18.9 Å². The third-order valence-electron chi connectivity index (χ3n) is 6.52. The topological polar surface area (TPSA) is 43.9 Å². The van der Waals surface area contributed by atoms with E-state index < -0.39 is 0 Å². The van der Waals surface area contributed by atoms with Gasteiger partial charge < -0.3 is 9.80 Å². The predicted molar refractivity (Wildman–Crippen MR) is 107 cm³/mol. The Morgan fingerprint density at radius 2 is 1.70 bits per heavy atom. The lowest BCUT2D eigenvalue weighted by atomic mass is 9.99. The van der Waals surface area contributed by atoms with Gasteiger partial charge in [0.25, 0.3) is 0 Å². The van der Waals surface area contributed by atoms with E-state index in [0.717, 1.165) is 37.2 Å². The zero-order chi connectivity index (χ0) is 18.8. The number of carbonyl (C=O) groups excluding carboxylic acids is 2. The lowest BCUT2D eigenvalue weighted by Gasteiger charge is -2.41. The van der Waals surface area contributed by atoms with Crippen molar-refractivity contribution in [3.05, 3.63) is 29.8 Å². The highest BCUT2D eigenvalue weighted by molar-refractivity contribution is 6.03. The molecule has 27 heavy (non-hydrogen) atoms. The molecule has 0 aromatic heterocycles. The number of carbonyl (C=O) groups is 2. The van der Waals surface area contributed by atoms with Gasteiger partial charge in [0, 0.05) is 37.7 Å². The Bertz CT molecular complexity index is 691. The molecule has 0 bridgehead atoms. The first-order valence-electron chi connectivity index (χ1n) is 10.6. The average molecular weight is 370 g/mol. The summed E-state index contributed by atoms with van der Waals surface area (Å²) in [6.45, 7) is 5.95. The number of hydrogen-bond acceptors (Lipinski definition) is 3. The molecule has 1 unspecified atom stereocenters. The maximum absolute atomic E-state index is 13.3. The molecule has 1 aromatic rings. The quantitative estimate of drug-likeness (QED) is 0.823. The summed E-state index contributed by atoms with van der Waals surface area (Å²) >= 11 is 0. The number of fused-ring (bicyclic) bond motifs is 1. The first-order valence-corrected chi connectivity index (χ1v) is 10.6. The second kappa shape index (κ2) is 8.01. The predicted octanol–water partition coefficient (Wildman–Crippen LogP) is 2.83. The van der Waals surface area contributed by atoms with Gasteiger partial charge in [0.2, 0.25) is 11.8 Å². The monoisotopic (exact) mass is 369 g/mol. The summed E-state index contributed by atoms with van der Waals surface area (Å²) in [5.41, 5.74) is 2.03. The van der Waals surface area contributed by atoms with Crippen molar-refractivity contribution in [2.45, 2.75) is 64.0 Å². The number of rotatable bonds is 3. The Hall–Kier alpha value is -1.88. The van der Waals surface area contributed by atoms with Crippen molar-refractivity contribution in [1.29, 1.82) is 0 Å². The van der Waals surface area contributed by atoms with Crippen molar-refractivity contribution < 1.29 is 9.59 Å². The van der Waals surface area contributed by atoms with Crippen molar-refractivity contribution in [3.63, 3.8) is 0 Å². The van der Waals surface area contributed by atoms with Crippen molar-refractivity contribution in [2.24, 2.45) is 0 Å². The van der Waals surface area contributed by atoms with Crippen molar-refractivity contribution >= 4 is 17.5 Å². The van der Waals surface area contributed by atoms with E-state index in [4.69, 9.17) is 0 Å². The van der Waals surface area contributed by atoms with Crippen LogP contribution < -0.4 is 4.90 Å². The van der Waals surface area contributed by atoms with Crippen LogP contribution in [0.2, 0.25) is 0 Å². The van der Waals surface area contributed by atoms with Crippen LogP contribution in [-0.4, -0.2) is 59.9 Å². The second-order valence-corrected chi connectivity index (χ2v) is 8.12. The van der Waals surface area contributed by atoms with E-state index in [2.05, 4.69) is 4.90 Å². The Morgan fingerprint density at radius 1 is 1.00 bits per heavy atom. The van der Waals surface area contributed by atoms with E-state index in [-0.39, 0.29) is 17.9 Å². The highest BCUT2D eigenvalue weighted by Gasteiger charge is 2.40. The molecule has 5 nitrogen and oxygen atoms in total. The summed E-state index contributed by atoms with van der Waals surface area (Å²) in [5.74, 6) is 0.173. The lowest BCUT2D eigenvalue weighted by Crippen LogP contribution is -2.54. The van der Waals surface area contributed by atoms with Crippen molar-refractivity contribution in [3.8, 4) is 0 Å². The Labute approximate surface area is 162 Å². The minimum atomic E-state index is -0.360. The number of benzene rings is 1. The molecule has 2 fully saturated rings.